The summed E-state index contributed by atoms with van der Waals surface area (Å²) in [5, 5.41) is 3.51. The Morgan fingerprint density at radius 1 is 1.26 bits per heavy atom. The third-order valence-corrected chi connectivity index (χ3v) is 7.86. The Balaban J connectivity index is 1.15. The summed E-state index contributed by atoms with van der Waals surface area (Å²) < 4.78 is 31.3. The van der Waals surface area contributed by atoms with Crippen molar-refractivity contribution < 1.29 is 18.3 Å². The van der Waals surface area contributed by atoms with E-state index in [9.17, 15) is 13.6 Å². The number of alkyl halides is 2. The molecule has 1 saturated carbocycles. The van der Waals surface area contributed by atoms with Gasteiger partial charge in [0.2, 0.25) is 5.91 Å². The summed E-state index contributed by atoms with van der Waals surface area (Å²) in [7, 11) is 0. The van der Waals surface area contributed by atoms with Crippen LogP contribution in [0.2, 0.25) is 0 Å². The maximum absolute atomic E-state index is 13.0. The molecule has 0 atom stereocenters. The van der Waals surface area contributed by atoms with Crippen molar-refractivity contribution in [1.29, 1.82) is 0 Å². The lowest BCUT2D eigenvalue weighted by Crippen LogP contribution is -2.37. The standard InChI is InChI=1S/C27H35F2N3O2S/c1-19-3-5-20(6-4-19)9-12-25(33)30-22-10-7-21(8-11-22)13-15-32-16-14-24-23(17-32)31-26(35-24)34-18-27(2,28)29/h3-6,9,12,21-22H,7-8,10-11,13-18H2,1-2H3,(H,30,33)/b12-9+/t21-,22-. The molecule has 4 rings (SSSR count). The molecule has 8 heteroatoms. The van der Waals surface area contributed by atoms with Crippen LogP contribution in [0.1, 0.15) is 60.7 Å². The lowest BCUT2D eigenvalue weighted by molar-refractivity contribution is -0.117. The number of halogens is 2. The second-order valence-electron chi connectivity index (χ2n) is 9.99. The molecule has 2 heterocycles. The van der Waals surface area contributed by atoms with Crippen molar-refractivity contribution in [2.75, 3.05) is 19.7 Å². The number of aromatic nitrogens is 1. The van der Waals surface area contributed by atoms with E-state index in [0.29, 0.717) is 11.1 Å². The first-order valence-electron chi connectivity index (χ1n) is 12.5. The van der Waals surface area contributed by atoms with Crippen LogP contribution in [0.4, 0.5) is 8.78 Å². The predicted octanol–water partition coefficient (Wildman–Crippen LogP) is 5.62. The summed E-state index contributed by atoms with van der Waals surface area (Å²) in [6.45, 7) is 5.02. The molecule has 2 aliphatic rings. The molecular formula is C27H35F2N3O2S. The summed E-state index contributed by atoms with van der Waals surface area (Å²) in [5.41, 5.74) is 3.21. The number of amides is 1. The Morgan fingerprint density at radius 2 is 2.00 bits per heavy atom. The molecule has 1 aromatic carbocycles. The van der Waals surface area contributed by atoms with Crippen LogP contribution in [0.25, 0.3) is 6.08 Å². The molecule has 1 aromatic heterocycles. The minimum Gasteiger partial charge on any atom is -0.464 e. The fourth-order valence-electron chi connectivity index (χ4n) is 4.73. The lowest BCUT2D eigenvalue weighted by Gasteiger charge is -2.31. The number of rotatable bonds is 9. The van der Waals surface area contributed by atoms with E-state index in [0.717, 1.165) is 81.2 Å². The summed E-state index contributed by atoms with van der Waals surface area (Å²) in [5.74, 6) is -2.20. The molecule has 0 radical (unpaired) electrons. The van der Waals surface area contributed by atoms with Crippen molar-refractivity contribution in [1.82, 2.24) is 15.2 Å². The van der Waals surface area contributed by atoms with Crippen molar-refractivity contribution in [3.63, 3.8) is 0 Å². The molecule has 2 aromatic rings. The second kappa shape index (κ2) is 11.6. The van der Waals surface area contributed by atoms with E-state index in [-0.39, 0.29) is 11.9 Å². The van der Waals surface area contributed by atoms with Gasteiger partial charge in [0.15, 0.2) is 6.61 Å². The van der Waals surface area contributed by atoms with Crippen molar-refractivity contribution in [2.45, 2.75) is 70.9 Å². The van der Waals surface area contributed by atoms with Crippen LogP contribution >= 0.6 is 11.3 Å². The van der Waals surface area contributed by atoms with Crippen LogP contribution in [0.15, 0.2) is 30.3 Å². The molecular weight excluding hydrogens is 468 g/mol. The minimum atomic E-state index is -2.85. The number of carbonyl (C=O) groups is 1. The van der Waals surface area contributed by atoms with Gasteiger partial charge in [0.1, 0.15) is 0 Å². The van der Waals surface area contributed by atoms with E-state index >= 15 is 0 Å². The zero-order valence-electron chi connectivity index (χ0n) is 20.6. The number of thiazole rings is 1. The van der Waals surface area contributed by atoms with Crippen molar-refractivity contribution >= 4 is 23.3 Å². The fraction of sp³-hybridized carbons (Fsp3) is 0.556. The number of hydrogen-bond donors (Lipinski definition) is 1. The second-order valence-corrected chi connectivity index (χ2v) is 11.0. The summed E-state index contributed by atoms with van der Waals surface area (Å²) >= 11 is 1.40. The normalized spacial score (nSPS) is 21.1. The Labute approximate surface area is 210 Å². The van der Waals surface area contributed by atoms with Gasteiger partial charge in [-0.15, -0.1) is 0 Å². The van der Waals surface area contributed by atoms with Gasteiger partial charge in [0.25, 0.3) is 11.1 Å². The van der Waals surface area contributed by atoms with Gasteiger partial charge in [-0.3, -0.25) is 9.69 Å². The van der Waals surface area contributed by atoms with E-state index in [1.165, 1.54) is 16.9 Å². The number of hydrogen-bond acceptors (Lipinski definition) is 5. The zero-order valence-corrected chi connectivity index (χ0v) is 21.4. The Morgan fingerprint density at radius 3 is 2.71 bits per heavy atom. The molecule has 190 valence electrons. The van der Waals surface area contributed by atoms with Gasteiger partial charge < -0.3 is 10.1 Å². The molecule has 0 spiro atoms. The number of aryl methyl sites for hydroxylation is 1. The molecule has 1 amide bonds. The fourth-order valence-corrected chi connectivity index (χ4v) is 5.64. The lowest BCUT2D eigenvalue weighted by atomic mass is 9.84. The maximum Gasteiger partial charge on any atom is 0.278 e. The van der Waals surface area contributed by atoms with E-state index in [4.69, 9.17) is 4.74 Å². The van der Waals surface area contributed by atoms with Crippen molar-refractivity contribution in [3.05, 3.63) is 52.0 Å². The quantitative estimate of drug-likeness (QED) is 0.451. The maximum atomic E-state index is 13.0. The van der Waals surface area contributed by atoms with Gasteiger partial charge in [-0.25, -0.2) is 13.8 Å². The summed E-state index contributed by atoms with van der Waals surface area (Å²) in [4.78, 5) is 20.3. The summed E-state index contributed by atoms with van der Waals surface area (Å²) in [6.07, 6.45) is 9.83. The highest BCUT2D eigenvalue weighted by atomic mass is 32.1. The minimum absolute atomic E-state index is 0.0209. The molecule has 35 heavy (non-hydrogen) atoms. The molecule has 1 fully saturated rings. The van der Waals surface area contributed by atoms with E-state index in [2.05, 4.69) is 15.2 Å². The summed E-state index contributed by atoms with van der Waals surface area (Å²) in [6, 6.07) is 8.37. The highest BCUT2D eigenvalue weighted by Gasteiger charge is 2.27. The van der Waals surface area contributed by atoms with Crippen molar-refractivity contribution in [2.24, 2.45) is 5.92 Å². The first-order chi connectivity index (χ1) is 16.7. The number of nitrogens with one attached hydrogen (secondary N) is 1. The molecule has 1 aliphatic carbocycles. The zero-order chi connectivity index (χ0) is 24.8. The van der Waals surface area contributed by atoms with Crippen LogP contribution in [0.5, 0.6) is 5.19 Å². The van der Waals surface area contributed by atoms with Gasteiger partial charge in [-0.1, -0.05) is 41.2 Å². The van der Waals surface area contributed by atoms with E-state index in [1.807, 2.05) is 37.3 Å². The molecule has 0 bridgehead atoms. The number of carbonyl (C=O) groups excluding carboxylic acids is 1. The predicted molar refractivity (Wildman–Crippen MR) is 136 cm³/mol. The Kier molecular flexibility index (Phi) is 8.55. The molecule has 1 aliphatic heterocycles. The van der Waals surface area contributed by atoms with Crippen LogP contribution in [0.3, 0.4) is 0 Å². The molecule has 1 N–H and O–H groups in total. The first kappa shape index (κ1) is 25.8. The average molecular weight is 504 g/mol. The van der Waals surface area contributed by atoms with Crippen LogP contribution in [-0.2, 0) is 17.8 Å². The molecule has 0 unspecified atom stereocenters. The highest BCUT2D eigenvalue weighted by Crippen LogP contribution is 2.32. The van der Waals surface area contributed by atoms with Crippen LogP contribution in [0, 0.1) is 12.8 Å². The molecule has 0 saturated heterocycles. The number of fused-ring (bicyclic) bond motifs is 1. The SMILES string of the molecule is Cc1ccc(/C=C/C(=O)N[C@H]2CC[C@H](CCN3CCc4sc(OCC(C)(F)F)nc4C3)CC2)cc1. The third-order valence-electron chi connectivity index (χ3n) is 6.79. The topological polar surface area (TPSA) is 54.5 Å². The monoisotopic (exact) mass is 503 g/mol. The van der Waals surface area contributed by atoms with Crippen molar-refractivity contribution in [3.8, 4) is 5.19 Å². The Bertz CT molecular complexity index is 1010. The number of nitrogens with zero attached hydrogens (tertiary/aromatic N) is 2. The smallest absolute Gasteiger partial charge is 0.278 e. The van der Waals surface area contributed by atoms with Crippen LogP contribution < -0.4 is 10.1 Å². The van der Waals surface area contributed by atoms with E-state index < -0.39 is 12.5 Å². The average Bonchev–Trinajstić information content (AvgIpc) is 3.24. The van der Waals surface area contributed by atoms with Gasteiger partial charge in [0, 0.05) is 37.0 Å². The number of ether oxygens (including phenoxy) is 1. The highest BCUT2D eigenvalue weighted by molar-refractivity contribution is 7.13. The largest absolute Gasteiger partial charge is 0.464 e. The van der Waals surface area contributed by atoms with Gasteiger partial charge in [-0.2, -0.15) is 0 Å². The molecule has 5 nitrogen and oxygen atoms in total. The van der Waals surface area contributed by atoms with Gasteiger partial charge in [0.05, 0.1) is 5.69 Å². The number of benzene rings is 1. The Hall–Kier alpha value is -2.32. The third kappa shape index (κ3) is 8.10. The van der Waals surface area contributed by atoms with Gasteiger partial charge in [-0.05, 0) is 69.6 Å². The first-order valence-corrected chi connectivity index (χ1v) is 13.3. The van der Waals surface area contributed by atoms with E-state index in [1.54, 1.807) is 6.08 Å². The van der Waals surface area contributed by atoms with Crippen LogP contribution in [-0.4, -0.2) is 47.5 Å². The van der Waals surface area contributed by atoms with Gasteiger partial charge >= 0.3 is 0 Å².